The van der Waals surface area contributed by atoms with E-state index in [4.69, 9.17) is 20.3 Å². The van der Waals surface area contributed by atoms with Gasteiger partial charge in [0.15, 0.2) is 5.79 Å². The van der Waals surface area contributed by atoms with Gasteiger partial charge in [0.05, 0.1) is 27.1 Å². The van der Waals surface area contributed by atoms with Crippen LogP contribution in [0.25, 0.3) is 11.0 Å². The number of fused-ring (bicyclic) bond motifs is 2. The molecule has 0 aromatic carbocycles. The first-order valence-electron chi connectivity index (χ1n) is 10.3. The van der Waals surface area contributed by atoms with Crippen molar-refractivity contribution in [2.45, 2.75) is 70.3 Å². The second-order valence-electron chi connectivity index (χ2n) is 8.89. The first kappa shape index (κ1) is 19.5. The highest BCUT2D eigenvalue weighted by Gasteiger charge is 2.60. The van der Waals surface area contributed by atoms with Gasteiger partial charge < -0.3 is 29.0 Å². The van der Waals surface area contributed by atoms with Gasteiger partial charge in [-0.05, 0) is 34.6 Å². The van der Waals surface area contributed by atoms with Crippen molar-refractivity contribution in [1.29, 1.82) is 0 Å². The molecule has 164 valence electrons. The molecule has 0 saturated carbocycles. The van der Waals surface area contributed by atoms with Crippen molar-refractivity contribution in [1.82, 2.24) is 19.9 Å². The van der Waals surface area contributed by atoms with Crippen LogP contribution in [0.5, 0.6) is 5.88 Å². The number of rotatable bonds is 3. The minimum atomic E-state index is -1.63. The molecule has 2 aliphatic rings. The summed E-state index contributed by atoms with van der Waals surface area (Å²) in [7, 11) is 1.50. The lowest BCUT2D eigenvalue weighted by Gasteiger charge is -2.34. The van der Waals surface area contributed by atoms with E-state index >= 15 is 0 Å². The molecule has 2 aliphatic heterocycles. The van der Waals surface area contributed by atoms with Crippen molar-refractivity contribution >= 4 is 17.1 Å². The summed E-state index contributed by atoms with van der Waals surface area (Å²) in [5.41, 5.74) is 0.955. The SMILES string of the molecule is [2H]C(O)[C@@H]1[C@H]2OC(C)(C)O[C@H]2[C@H](c2c[nH]c3c(OC)ncnc23)N1C(=O)OC(C)(C)C. The van der Waals surface area contributed by atoms with Crippen molar-refractivity contribution in [2.24, 2.45) is 0 Å². The number of carbonyl (C=O) groups is 1. The average Bonchev–Trinajstić information content (AvgIpc) is 3.28. The topological polar surface area (TPSA) is 119 Å². The number of aromatic nitrogens is 3. The smallest absolute Gasteiger partial charge is 0.411 e. The van der Waals surface area contributed by atoms with Crippen molar-refractivity contribution < 1.29 is 30.2 Å². The molecule has 10 heteroatoms. The fourth-order valence-corrected chi connectivity index (χ4v) is 4.18. The molecule has 4 heterocycles. The van der Waals surface area contributed by atoms with E-state index in [-0.39, 0.29) is 0 Å². The lowest BCUT2D eigenvalue weighted by Crippen LogP contribution is -2.47. The Morgan fingerprint density at radius 3 is 2.70 bits per heavy atom. The van der Waals surface area contributed by atoms with Gasteiger partial charge in [-0.2, -0.15) is 4.98 Å². The van der Waals surface area contributed by atoms with Crippen LogP contribution in [-0.2, 0) is 14.2 Å². The highest BCUT2D eigenvalue weighted by Crippen LogP contribution is 2.48. The number of nitrogens with zero attached hydrogens (tertiary/aromatic N) is 3. The van der Waals surface area contributed by atoms with Gasteiger partial charge in [-0.1, -0.05) is 0 Å². The van der Waals surface area contributed by atoms with Crippen molar-refractivity contribution in [3.8, 4) is 5.88 Å². The zero-order chi connectivity index (χ0) is 22.7. The number of aliphatic hydroxyl groups is 1. The minimum absolute atomic E-state index is 0.357. The summed E-state index contributed by atoms with van der Waals surface area (Å²) in [6.07, 6.45) is 1.02. The van der Waals surface area contributed by atoms with Crippen molar-refractivity contribution in [3.63, 3.8) is 0 Å². The summed E-state index contributed by atoms with van der Waals surface area (Å²) in [5.74, 6) is -0.588. The lowest BCUT2D eigenvalue weighted by molar-refractivity contribution is -0.168. The minimum Gasteiger partial charge on any atom is -0.479 e. The Kier molecular flexibility index (Phi) is 4.60. The highest BCUT2D eigenvalue weighted by molar-refractivity contribution is 5.84. The maximum Gasteiger partial charge on any atom is 0.411 e. The second-order valence-corrected chi connectivity index (χ2v) is 8.89. The largest absolute Gasteiger partial charge is 0.479 e. The quantitative estimate of drug-likeness (QED) is 0.774. The van der Waals surface area contributed by atoms with Crippen LogP contribution in [0.2, 0.25) is 0 Å². The van der Waals surface area contributed by atoms with Gasteiger partial charge in [-0.15, -0.1) is 0 Å². The van der Waals surface area contributed by atoms with Gasteiger partial charge >= 0.3 is 6.09 Å². The molecule has 1 amide bonds. The number of aromatic amines is 1. The molecule has 10 nitrogen and oxygen atoms in total. The number of hydrogen-bond donors (Lipinski definition) is 2. The Hall–Kier alpha value is -2.43. The maximum absolute atomic E-state index is 13.3. The molecule has 1 unspecified atom stereocenters. The number of hydrogen-bond acceptors (Lipinski definition) is 8. The van der Waals surface area contributed by atoms with E-state index in [1.54, 1.807) is 40.8 Å². The zero-order valence-electron chi connectivity index (χ0n) is 18.9. The summed E-state index contributed by atoms with van der Waals surface area (Å²) in [5, 5.41) is 10.3. The molecule has 0 aliphatic carbocycles. The van der Waals surface area contributed by atoms with Gasteiger partial charge in [-0.25, -0.2) is 9.78 Å². The summed E-state index contributed by atoms with van der Waals surface area (Å²) in [6, 6.07) is -1.72. The van der Waals surface area contributed by atoms with Gasteiger partial charge in [0, 0.05) is 11.8 Å². The third kappa shape index (κ3) is 3.38. The van der Waals surface area contributed by atoms with Gasteiger partial charge in [0.2, 0.25) is 5.88 Å². The van der Waals surface area contributed by atoms with E-state index in [0.29, 0.717) is 22.5 Å². The van der Waals surface area contributed by atoms with Gasteiger partial charge in [-0.3, -0.25) is 4.90 Å². The molecule has 2 aromatic heterocycles. The molecule has 4 rings (SSSR count). The number of amides is 1. The van der Waals surface area contributed by atoms with E-state index in [1.165, 1.54) is 18.3 Å². The van der Waals surface area contributed by atoms with E-state index in [1.807, 2.05) is 0 Å². The third-order valence-corrected chi connectivity index (χ3v) is 5.16. The standard InChI is InChI=1S/C20H28N4O6/c1-19(2,3)30-18(26)24-11(8-25)15-16(29-20(4,5)28-15)14(24)10-7-21-13-12(10)22-9-23-17(13)27-6/h7,9,11,14-16,21,25H,8H2,1-6H3/t11-,14+,15-,16+/m1/s1/i8D/t8?,11-,14+,15-,16+. The molecule has 0 spiro atoms. The number of ether oxygens (including phenoxy) is 4. The highest BCUT2D eigenvalue weighted by atomic mass is 16.8. The summed E-state index contributed by atoms with van der Waals surface area (Å²) in [6.45, 7) is 7.15. The molecular formula is C20H28N4O6. The monoisotopic (exact) mass is 421 g/mol. The van der Waals surface area contributed by atoms with Crippen molar-refractivity contribution in [2.75, 3.05) is 13.7 Å². The molecule has 2 fully saturated rings. The number of methoxy groups -OCH3 is 1. The van der Waals surface area contributed by atoms with Crippen LogP contribution in [0.15, 0.2) is 12.5 Å². The molecule has 5 atom stereocenters. The van der Waals surface area contributed by atoms with E-state index in [9.17, 15) is 9.90 Å². The van der Waals surface area contributed by atoms with E-state index < -0.39 is 48.4 Å². The molecular weight excluding hydrogens is 392 g/mol. The number of H-pyrrole nitrogens is 1. The first-order chi connectivity index (χ1) is 14.4. The molecule has 2 aromatic rings. The summed E-state index contributed by atoms with van der Waals surface area (Å²) in [4.78, 5) is 26.2. The van der Waals surface area contributed by atoms with E-state index in [2.05, 4.69) is 15.0 Å². The van der Waals surface area contributed by atoms with Crippen LogP contribution in [-0.4, -0.2) is 74.4 Å². The fraction of sp³-hybridized carbons (Fsp3) is 0.650. The van der Waals surface area contributed by atoms with Crippen LogP contribution in [0.1, 0.15) is 47.6 Å². The van der Waals surface area contributed by atoms with Gasteiger partial charge in [0.25, 0.3) is 0 Å². The Morgan fingerprint density at radius 1 is 1.37 bits per heavy atom. The van der Waals surface area contributed by atoms with E-state index in [0.717, 1.165) is 0 Å². The third-order valence-electron chi connectivity index (χ3n) is 5.16. The summed E-state index contributed by atoms with van der Waals surface area (Å²) >= 11 is 0. The van der Waals surface area contributed by atoms with Crippen LogP contribution in [0.4, 0.5) is 4.79 Å². The predicted octanol–water partition coefficient (Wildman–Crippen LogP) is 2.14. The Labute approximate surface area is 175 Å². The maximum atomic E-state index is 13.3. The zero-order valence-corrected chi connectivity index (χ0v) is 17.9. The number of aliphatic hydroxyl groups excluding tert-OH is 1. The number of carbonyl (C=O) groups excluding carboxylic acids is 1. The predicted molar refractivity (Wildman–Crippen MR) is 106 cm³/mol. The Balaban J connectivity index is 1.86. The average molecular weight is 421 g/mol. The second kappa shape index (κ2) is 7.07. The Morgan fingerprint density at radius 2 is 2.07 bits per heavy atom. The number of nitrogens with one attached hydrogen (secondary N) is 1. The van der Waals surface area contributed by atoms with Crippen LogP contribution >= 0.6 is 0 Å². The van der Waals surface area contributed by atoms with Gasteiger partial charge in [0.1, 0.15) is 35.2 Å². The normalized spacial score (nSPS) is 29.6. The first-order valence-corrected chi connectivity index (χ1v) is 9.77. The summed E-state index contributed by atoms with van der Waals surface area (Å²) < 4.78 is 31.2. The molecule has 0 radical (unpaired) electrons. The lowest BCUT2D eigenvalue weighted by atomic mass is 10.0. The molecule has 2 N–H and O–H groups in total. The Bertz CT molecular complexity index is 988. The molecule has 30 heavy (non-hydrogen) atoms. The fourth-order valence-electron chi connectivity index (χ4n) is 4.18. The van der Waals surface area contributed by atoms with Crippen LogP contribution in [0.3, 0.4) is 0 Å². The van der Waals surface area contributed by atoms with Crippen LogP contribution < -0.4 is 4.74 Å². The molecule has 0 bridgehead atoms. The van der Waals surface area contributed by atoms with Crippen LogP contribution in [0, 0.1) is 0 Å². The number of likely N-dealkylation sites (tertiary alicyclic amines) is 1. The van der Waals surface area contributed by atoms with Crippen molar-refractivity contribution in [3.05, 3.63) is 18.1 Å². The molecule has 2 saturated heterocycles.